The van der Waals surface area contributed by atoms with Gasteiger partial charge in [0.1, 0.15) is 5.01 Å². The van der Waals surface area contributed by atoms with Crippen LogP contribution in [0.15, 0.2) is 5.38 Å². The third-order valence-electron chi connectivity index (χ3n) is 4.26. The molecule has 0 saturated carbocycles. The summed E-state index contributed by atoms with van der Waals surface area (Å²) in [7, 11) is 0. The van der Waals surface area contributed by atoms with E-state index in [1.54, 1.807) is 0 Å². The summed E-state index contributed by atoms with van der Waals surface area (Å²) in [5, 5.41) is 10.9. The van der Waals surface area contributed by atoms with Crippen molar-refractivity contribution in [2.24, 2.45) is 5.92 Å². The molecule has 0 bridgehead atoms. The van der Waals surface area contributed by atoms with Gasteiger partial charge in [0, 0.05) is 11.9 Å². The maximum atomic E-state index is 4.95. The van der Waals surface area contributed by atoms with Crippen molar-refractivity contribution in [1.29, 1.82) is 0 Å². The minimum atomic E-state index is 0.0898. The minimum Gasteiger partial charge on any atom is -0.316 e. The number of hydrogen-bond donors (Lipinski definition) is 2. The van der Waals surface area contributed by atoms with Crippen LogP contribution in [0.3, 0.4) is 0 Å². The Morgan fingerprint density at radius 1 is 1.53 bits per heavy atom. The van der Waals surface area contributed by atoms with E-state index in [9.17, 15) is 0 Å². The number of nitrogens with one attached hydrogen (secondary N) is 2. The Balaban J connectivity index is 2.35. The number of thiazole rings is 1. The summed E-state index contributed by atoms with van der Waals surface area (Å²) in [6, 6.07) is 0. The van der Waals surface area contributed by atoms with Gasteiger partial charge in [-0.25, -0.2) is 4.98 Å². The van der Waals surface area contributed by atoms with E-state index < -0.39 is 0 Å². The summed E-state index contributed by atoms with van der Waals surface area (Å²) in [5.74, 6) is 1.15. The van der Waals surface area contributed by atoms with Gasteiger partial charge in [-0.05, 0) is 37.8 Å². The van der Waals surface area contributed by atoms with Crippen LogP contribution in [-0.4, -0.2) is 24.6 Å². The zero-order valence-corrected chi connectivity index (χ0v) is 13.4. The summed E-state index contributed by atoms with van der Waals surface area (Å²) in [6.07, 6.45) is 2.33. The van der Waals surface area contributed by atoms with Crippen LogP contribution in [0.25, 0.3) is 0 Å². The molecule has 2 atom stereocenters. The van der Waals surface area contributed by atoms with Gasteiger partial charge in [-0.3, -0.25) is 0 Å². The predicted molar refractivity (Wildman–Crippen MR) is 82.8 cm³/mol. The highest BCUT2D eigenvalue weighted by Crippen LogP contribution is 2.39. The Bertz CT molecular complexity index is 398. The van der Waals surface area contributed by atoms with Crippen molar-refractivity contribution < 1.29 is 0 Å². The van der Waals surface area contributed by atoms with Crippen molar-refractivity contribution in [3.05, 3.63) is 16.1 Å². The van der Waals surface area contributed by atoms with Crippen molar-refractivity contribution in [2.45, 2.75) is 52.0 Å². The lowest BCUT2D eigenvalue weighted by molar-refractivity contribution is 0.151. The molecule has 0 amide bonds. The molecule has 1 aromatic heterocycles. The molecule has 1 fully saturated rings. The molecular weight excluding hydrogens is 254 g/mol. The van der Waals surface area contributed by atoms with Crippen LogP contribution < -0.4 is 10.6 Å². The van der Waals surface area contributed by atoms with Crippen LogP contribution in [0, 0.1) is 5.92 Å². The monoisotopic (exact) mass is 281 g/mol. The maximum Gasteiger partial charge on any atom is 0.113 e. The third kappa shape index (κ3) is 2.86. The average Bonchev–Trinajstić information content (AvgIpc) is 2.89. The lowest BCUT2D eigenvalue weighted by atomic mass is 9.77. The van der Waals surface area contributed by atoms with E-state index in [0.29, 0.717) is 11.8 Å². The Kier molecular flexibility index (Phi) is 4.98. The first-order chi connectivity index (χ1) is 9.14. The molecule has 19 heavy (non-hydrogen) atoms. The van der Waals surface area contributed by atoms with Gasteiger partial charge in [0.05, 0.1) is 11.2 Å². The summed E-state index contributed by atoms with van der Waals surface area (Å²) in [5.41, 5.74) is 1.33. The topological polar surface area (TPSA) is 37.0 Å². The molecular formula is C15H27N3S. The van der Waals surface area contributed by atoms with Crippen LogP contribution in [-0.2, 0) is 5.54 Å². The van der Waals surface area contributed by atoms with Crippen LogP contribution in [0.1, 0.15) is 57.2 Å². The van der Waals surface area contributed by atoms with Gasteiger partial charge < -0.3 is 10.6 Å². The van der Waals surface area contributed by atoms with Gasteiger partial charge in [-0.2, -0.15) is 0 Å². The Hall–Kier alpha value is -0.450. The predicted octanol–water partition coefficient (Wildman–Crippen LogP) is 3.09. The fraction of sp³-hybridized carbons (Fsp3) is 0.800. The Morgan fingerprint density at radius 3 is 2.89 bits per heavy atom. The molecule has 2 N–H and O–H groups in total. The van der Waals surface area contributed by atoms with E-state index in [0.717, 1.165) is 26.1 Å². The van der Waals surface area contributed by atoms with E-state index in [4.69, 9.17) is 4.98 Å². The molecule has 0 spiro atoms. The SMILES string of the molecule is CCNC1(c2nc(C(C)C)cs2)CCNCC1CC. The van der Waals surface area contributed by atoms with Gasteiger partial charge in [-0.1, -0.05) is 27.7 Å². The van der Waals surface area contributed by atoms with Gasteiger partial charge >= 0.3 is 0 Å². The average molecular weight is 281 g/mol. The summed E-state index contributed by atoms with van der Waals surface area (Å²) >= 11 is 1.84. The smallest absolute Gasteiger partial charge is 0.113 e. The van der Waals surface area contributed by atoms with Crippen LogP contribution in [0.4, 0.5) is 0 Å². The quantitative estimate of drug-likeness (QED) is 0.871. The lowest BCUT2D eigenvalue weighted by Gasteiger charge is -2.43. The van der Waals surface area contributed by atoms with Gasteiger partial charge in [0.25, 0.3) is 0 Å². The molecule has 0 aliphatic carbocycles. The second-order valence-electron chi connectivity index (χ2n) is 5.79. The summed E-state index contributed by atoms with van der Waals surface area (Å²) in [4.78, 5) is 4.95. The van der Waals surface area contributed by atoms with E-state index in [2.05, 4.69) is 43.7 Å². The largest absolute Gasteiger partial charge is 0.316 e. The molecule has 2 rings (SSSR count). The number of aromatic nitrogens is 1. The first-order valence-electron chi connectivity index (χ1n) is 7.55. The second kappa shape index (κ2) is 6.33. The molecule has 108 valence electrons. The van der Waals surface area contributed by atoms with E-state index >= 15 is 0 Å². The van der Waals surface area contributed by atoms with E-state index in [1.165, 1.54) is 17.1 Å². The molecule has 0 radical (unpaired) electrons. The van der Waals surface area contributed by atoms with Gasteiger partial charge in [-0.15, -0.1) is 11.3 Å². The fourth-order valence-corrected chi connectivity index (χ4v) is 4.36. The maximum absolute atomic E-state index is 4.95. The van der Waals surface area contributed by atoms with Crippen molar-refractivity contribution in [2.75, 3.05) is 19.6 Å². The highest BCUT2D eigenvalue weighted by atomic mass is 32.1. The molecule has 1 aliphatic rings. The molecule has 2 heterocycles. The van der Waals surface area contributed by atoms with Crippen LogP contribution in [0.5, 0.6) is 0 Å². The van der Waals surface area contributed by atoms with E-state index in [1.807, 2.05) is 11.3 Å². The third-order valence-corrected chi connectivity index (χ3v) is 5.30. The fourth-order valence-electron chi connectivity index (χ4n) is 3.09. The Morgan fingerprint density at radius 2 is 2.32 bits per heavy atom. The molecule has 1 saturated heterocycles. The molecule has 3 nitrogen and oxygen atoms in total. The van der Waals surface area contributed by atoms with Gasteiger partial charge in [0.15, 0.2) is 0 Å². The normalized spacial score (nSPS) is 27.9. The van der Waals surface area contributed by atoms with Crippen molar-refractivity contribution in [3.63, 3.8) is 0 Å². The first-order valence-corrected chi connectivity index (χ1v) is 8.43. The minimum absolute atomic E-state index is 0.0898. The van der Waals surface area contributed by atoms with Crippen molar-refractivity contribution >= 4 is 11.3 Å². The second-order valence-corrected chi connectivity index (χ2v) is 6.65. The first kappa shape index (κ1) is 14.9. The van der Waals surface area contributed by atoms with Gasteiger partial charge in [0.2, 0.25) is 0 Å². The molecule has 1 aromatic rings. The van der Waals surface area contributed by atoms with Crippen LogP contribution >= 0.6 is 11.3 Å². The number of rotatable bonds is 5. The summed E-state index contributed by atoms with van der Waals surface area (Å²) in [6.45, 7) is 12.1. The molecule has 1 aliphatic heterocycles. The van der Waals surface area contributed by atoms with Crippen molar-refractivity contribution in [1.82, 2.24) is 15.6 Å². The Labute approximate surface area is 121 Å². The standard InChI is InChI=1S/C15H27N3S/c1-5-12-9-16-8-7-15(12,17-6-2)14-18-13(10-19-14)11(3)4/h10-12,16-17H,5-9H2,1-4H3. The zero-order chi connectivity index (χ0) is 13.9. The van der Waals surface area contributed by atoms with Crippen molar-refractivity contribution in [3.8, 4) is 0 Å². The van der Waals surface area contributed by atoms with E-state index in [-0.39, 0.29) is 5.54 Å². The highest BCUT2D eigenvalue weighted by Gasteiger charge is 2.42. The number of nitrogens with zero attached hydrogens (tertiary/aromatic N) is 1. The highest BCUT2D eigenvalue weighted by molar-refractivity contribution is 7.09. The zero-order valence-electron chi connectivity index (χ0n) is 12.6. The molecule has 4 heteroatoms. The van der Waals surface area contributed by atoms with Crippen LogP contribution in [0.2, 0.25) is 0 Å². The number of piperidine rings is 1. The summed E-state index contributed by atoms with van der Waals surface area (Å²) < 4.78 is 0. The lowest BCUT2D eigenvalue weighted by Crippen LogP contribution is -2.56. The molecule has 0 aromatic carbocycles. The number of hydrogen-bond acceptors (Lipinski definition) is 4. The molecule has 2 unspecified atom stereocenters.